The molecule has 1 heterocycles. The summed E-state index contributed by atoms with van der Waals surface area (Å²) in [6.07, 6.45) is -1.05. The number of cyclic esters (lactones) is 1. The van der Waals surface area contributed by atoms with Crippen LogP contribution in [0.3, 0.4) is 0 Å². The summed E-state index contributed by atoms with van der Waals surface area (Å²) in [5, 5.41) is 11.9. The average Bonchev–Trinajstić information content (AvgIpc) is 2.75. The second kappa shape index (κ2) is 10.5. The summed E-state index contributed by atoms with van der Waals surface area (Å²) < 4.78 is 11.4. The lowest BCUT2D eigenvalue weighted by Crippen LogP contribution is -2.36. The number of carbonyl (C=O) groups excluding carboxylic acids is 1. The van der Waals surface area contributed by atoms with Gasteiger partial charge in [-0.05, 0) is 47.5 Å². The minimum absolute atomic E-state index is 0.0152. The molecule has 0 aromatic heterocycles. The molecule has 0 bridgehead atoms. The van der Waals surface area contributed by atoms with E-state index in [4.69, 9.17) is 55.9 Å². The van der Waals surface area contributed by atoms with Crippen LogP contribution in [0, 0.1) is 0 Å². The van der Waals surface area contributed by atoms with Gasteiger partial charge in [-0.15, -0.1) is 0 Å². The number of ether oxygens (including phenoxy) is 2. The van der Waals surface area contributed by atoms with Gasteiger partial charge in [0, 0.05) is 33.0 Å². The van der Waals surface area contributed by atoms with E-state index in [2.05, 4.69) is 0 Å². The smallest absolute Gasteiger partial charge is 0.308 e. The molecular formula is C25H20Cl4O4. The number of aliphatic hydroxyl groups is 1. The summed E-state index contributed by atoms with van der Waals surface area (Å²) in [6.45, 7) is 0.0467. The van der Waals surface area contributed by atoms with Crippen LogP contribution in [0.4, 0.5) is 0 Å². The average molecular weight is 526 g/mol. The molecule has 4 rings (SSSR count). The Morgan fingerprint density at radius 3 is 2.03 bits per heavy atom. The highest BCUT2D eigenvalue weighted by molar-refractivity contribution is 6.35. The molecule has 1 saturated heterocycles. The van der Waals surface area contributed by atoms with Gasteiger partial charge in [0.2, 0.25) is 0 Å². The van der Waals surface area contributed by atoms with E-state index in [1.165, 1.54) is 0 Å². The number of benzene rings is 3. The quantitative estimate of drug-likeness (QED) is 0.280. The van der Waals surface area contributed by atoms with Crippen LogP contribution in [0.5, 0.6) is 5.75 Å². The number of carbonyl (C=O) groups is 1. The third-order valence-electron chi connectivity index (χ3n) is 5.40. The Morgan fingerprint density at radius 1 is 0.909 bits per heavy atom. The molecule has 4 nitrogen and oxygen atoms in total. The van der Waals surface area contributed by atoms with Gasteiger partial charge < -0.3 is 14.6 Å². The van der Waals surface area contributed by atoms with Crippen LogP contribution in [-0.4, -0.2) is 29.9 Å². The van der Waals surface area contributed by atoms with Crippen molar-refractivity contribution in [2.45, 2.75) is 31.0 Å². The number of hydrogen-bond acceptors (Lipinski definition) is 4. The van der Waals surface area contributed by atoms with Crippen molar-refractivity contribution in [2.24, 2.45) is 0 Å². The number of rotatable bonds is 6. The fourth-order valence-electron chi connectivity index (χ4n) is 3.95. The maximum Gasteiger partial charge on any atom is 0.308 e. The van der Waals surface area contributed by atoms with E-state index in [1.807, 2.05) is 48.5 Å². The van der Waals surface area contributed by atoms with Crippen molar-refractivity contribution in [2.75, 3.05) is 6.61 Å². The molecule has 1 aliphatic heterocycles. The third-order valence-corrected chi connectivity index (χ3v) is 6.41. The fraction of sp³-hybridized carbons (Fsp3) is 0.240. The summed E-state index contributed by atoms with van der Waals surface area (Å²) in [4.78, 5) is 11.7. The second-order valence-electron chi connectivity index (χ2n) is 7.86. The van der Waals surface area contributed by atoms with Crippen molar-refractivity contribution < 1.29 is 19.4 Å². The zero-order valence-electron chi connectivity index (χ0n) is 17.3. The van der Waals surface area contributed by atoms with Crippen LogP contribution in [-0.2, 0) is 9.53 Å². The van der Waals surface area contributed by atoms with Crippen LogP contribution < -0.4 is 4.74 Å². The van der Waals surface area contributed by atoms with Crippen LogP contribution in [0.2, 0.25) is 20.1 Å². The van der Waals surface area contributed by atoms with Crippen LogP contribution in [0.25, 0.3) is 0 Å². The Balaban J connectivity index is 1.75. The van der Waals surface area contributed by atoms with E-state index >= 15 is 0 Å². The monoisotopic (exact) mass is 524 g/mol. The first kappa shape index (κ1) is 24.2. The summed E-state index contributed by atoms with van der Waals surface area (Å²) in [5.74, 6) is -0.317. The minimum Gasteiger partial charge on any atom is -0.488 e. The highest BCUT2D eigenvalue weighted by atomic mass is 35.5. The van der Waals surface area contributed by atoms with Crippen LogP contribution in [0.15, 0.2) is 60.7 Å². The lowest BCUT2D eigenvalue weighted by molar-refractivity contribution is -0.162. The summed E-state index contributed by atoms with van der Waals surface area (Å²) in [6, 6.07) is 18.4. The van der Waals surface area contributed by atoms with Crippen molar-refractivity contribution in [1.82, 2.24) is 0 Å². The fourth-order valence-corrected chi connectivity index (χ4v) is 4.76. The Kier molecular flexibility index (Phi) is 7.72. The highest BCUT2D eigenvalue weighted by Crippen LogP contribution is 2.43. The number of halogens is 4. The van der Waals surface area contributed by atoms with Crippen molar-refractivity contribution in [3.05, 3.63) is 97.4 Å². The van der Waals surface area contributed by atoms with Crippen LogP contribution >= 0.6 is 46.4 Å². The Labute approximate surface area is 211 Å². The van der Waals surface area contributed by atoms with E-state index in [0.29, 0.717) is 32.3 Å². The molecule has 0 radical (unpaired) electrons. The summed E-state index contributed by atoms with van der Waals surface area (Å²) in [7, 11) is 0. The molecule has 1 N–H and O–H groups in total. The highest BCUT2D eigenvalue weighted by Gasteiger charge is 2.29. The molecule has 3 aromatic carbocycles. The van der Waals surface area contributed by atoms with Crippen molar-refractivity contribution in [1.29, 1.82) is 0 Å². The first-order valence-corrected chi connectivity index (χ1v) is 11.8. The normalized spacial score (nSPS) is 18.3. The molecule has 0 spiro atoms. The standard InChI is InChI=1S/C25H20Cl4O4/c26-16-5-1-14(2-6-16)24(15-3-7-17(27)8-4-15)21-9-18(28)10-22(29)25(21)32-13-20-11-19(30)12-23(31)33-20/h1-10,19-20,24,30H,11-13H2. The molecular weight excluding hydrogens is 506 g/mol. The van der Waals surface area contributed by atoms with Gasteiger partial charge in [0.05, 0.1) is 17.5 Å². The molecule has 172 valence electrons. The lowest BCUT2D eigenvalue weighted by Gasteiger charge is -2.28. The second-order valence-corrected chi connectivity index (χ2v) is 9.58. The third kappa shape index (κ3) is 5.95. The molecule has 0 saturated carbocycles. The van der Waals surface area contributed by atoms with Crippen molar-refractivity contribution in [3.8, 4) is 5.75 Å². The molecule has 2 unspecified atom stereocenters. The first-order valence-electron chi connectivity index (χ1n) is 10.3. The summed E-state index contributed by atoms with van der Waals surface area (Å²) >= 11 is 25.2. The lowest BCUT2D eigenvalue weighted by atomic mass is 9.84. The first-order chi connectivity index (χ1) is 15.8. The van der Waals surface area contributed by atoms with E-state index in [9.17, 15) is 9.90 Å². The van der Waals surface area contributed by atoms with Gasteiger partial charge in [0.15, 0.2) is 0 Å². The topological polar surface area (TPSA) is 55.8 Å². The molecule has 33 heavy (non-hydrogen) atoms. The molecule has 3 aromatic rings. The number of esters is 1. The maximum absolute atomic E-state index is 11.7. The van der Waals surface area contributed by atoms with E-state index in [-0.39, 0.29) is 18.9 Å². The Morgan fingerprint density at radius 2 is 1.48 bits per heavy atom. The van der Waals surface area contributed by atoms with Gasteiger partial charge in [-0.25, -0.2) is 0 Å². The van der Waals surface area contributed by atoms with E-state index < -0.39 is 18.2 Å². The number of aliphatic hydroxyl groups excluding tert-OH is 1. The number of hydrogen-bond donors (Lipinski definition) is 1. The van der Waals surface area contributed by atoms with E-state index in [1.54, 1.807) is 12.1 Å². The Bertz CT molecular complexity index is 1090. The van der Waals surface area contributed by atoms with Gasteiger partial charge in [0.1, 0.15) is 18.5 Å². The molecule has 8 heteroatoms. The maximum atomic E-state index is 11.7. The van der Waals surface area contributed by atoms with E-state index in [0.717, 1.165) is 16.7 Å². The minimum atomic E-state index is -0.754. The zero-order chi connectivity index (χ0) is 23.5. The SMILES string of the molecule is O=C1CC(O)CC(COc2c(Cl)cc(Cl)cc2C(c2ccc(Cl)cc2)c2ccc(Cl)cc2)O1. The van der Waals surface area contributed by atoms with Crippen molar-refractivity contribution >= 4 is 52.4 Å². The molecule has 0 amide bonds. The van der Waals surface area contributed by atoms with Gasteiger partial charge in [-0.1, -0.05) is 70.7 Å². The largest absolute Gasteiger partial charge is 0.488 e. The van der Waals surface area contributed by atoms with Gasteiger partial charge >= 0.3 is 5.97 Å². The predicted molar refractivity (Wildman–Crippen MR) is 131 cm³/mol. The predicted octanol–water partition coefficient (Wildman–Crippen LogP) is 6.93. The molecule has 2 atom stereocenters. The Hall–Kier alpha value is -1.95. The molecule has 1 aliphatic rings. The molecule has 0 aliphatic carbocycles. The summed E-state index contributed by atoms with van der Waals surface area (Å²) in [5.41, 5.74) is 2.63. The van der Waals surface area contributed by atoms with Gasteiger partial charge in [-0.3, -0.25) is 4.79 Å². The van der Waals surface area contributed by atoms with Crippen molar-refractivity contribution in [3.63, 3.8) is 0 Å². The zero-order valence-corrected chi connectivity index (χ0v) is 20.3. The molecule has 1 fully saturated rings. The van der Waals surface area contributed by atoms with Gasteiger partial charge in [-0.2, -0.15) is 0 Å². The van der Waals surface area contributed by atoms with Gasteiger partial charge in [0.25, 0.3) is 0 Å². The van der Waals surface area contributed by atoms with Crippen LogP contribution in [0.1, 0.15) is 35.4 Å².